The highest BCUT2D eigenvalue weighted by Gasteiger charge is 2.15. The Bertz CT molecular complexity index is 270. The molecule has 0 bridgehead atoms. The summed E-state index contributed by atoms with van der Waals surface area (Å²) in [5.41, 5.74) is 1.23. The van der Waals surface area contributed by atoms with Gasteiger partial charge in [-0.25, -0.2) is 0 Å². The molecule has 1 aromatic carbocycles. The summed E-state index contributed by atoms with van der Waals surface area (Å²) in [5.74, 6) is 0.173. The Kier molecular flexibility index (Phi) is 6.08. The highest BCUT2D eigenvalue weighted by Crippen LogP contribution is 2.15. The lowest BCUT2D eigenvalue weighted by Crippen LogP contribution is -2.21. The van der Waals surface area contributed by atoms with Crippen LogP contribution in [0.15, 0.2) is 30.3 Å². The van der Waals surface area contributed by atoms with E-state index >= 15 is 0 Å². The zero-order chi connectivity index (χ0) is 11.8. The first kappa shape index (κ1) is 13.2. The Morgan fingerprint density at radius 1 is 1.12 bits per heavy atom. The van der Waals surface area contributed by atoms with Crippen molar-refractivity contribution in [3.05, 3.63) is 35.9 Å². The van der Waals surface area contributed by atoms with Gasteiger partial charge in [0, 0.05) is 27.2 Å². The molecule has 0 saturated heterocycles. The van der Waals surface area contributed by atoms with E-state index in [0.717, 1.165) is 6.42 Å². The van der Waals surface area contributed by atoms with Crippen LogP contribution in [0.25, 0.3) is 0 Å². The lowest BCUT2D eigenvalue weighted by Gasteiger charge is -2.20. The maximum atomic E-state index is 9.32. The van der Waals surface area contributed by atoms with Gasteiger partial charge in [0.25, 0.3) is 0 Å². The molecule has 1 N–H and O–H groups in total. The molecule has 0 aliphatic heterocycles. The quantitative estimate of drug-likeness (QED) is 0.718. The van der Waals surface area contributed by atoms with Crippen LogP contribution in [-0.4, -0.2) is 32.2 Å². The minimum atomic E-state index is -0.235. The number of methoxy groups -OCH3 is 2. The van der Waals surface area contributed by atoms with Gasteiger partial charge in [-0.15, -0.1) is 0 Å². The number of hydrogen-bond donors (Lipinski definition) is 1. The average molecular weight is 224 g/mol. The number of hydrogen-bond acceptors (Lipinski definition) is 3. The van der Waals surface area contributed by atoms with Crippen LogP contribution in [0.1, 0.15) is 12.0 Å². The smallest absolute Gasteiger partial charge is 0.157 e. The molecular formula is C13H20O3. The summed E-state index contributed by atoms with van der Waals surface area (Å²) in [6.07, 6.45) is 1.32. The molecule has 1 rings (SSSR count). The van der Waals surface area contributed by atoms with Crippen LogP contribution in [-0.2, 0) is 15.9 Å². The maximum Gasteiger partial charge on any atom is 0.157 e. The molecule has 1 atom stereocenters. The summed E-state index contributed by atoms with van der Waals surface area (Å²) in [4.78, 5) is 0. The molecule has 0 aliphatic rings. The lowest BCUT2D eigenvalue weighted by molar-refractivity contribution is -0.116. The molecule has 0 fully saturated rings. The highest BCUT2D eigenvalue weighted by molar-refractivity contribution is 5.15. The topological polar surface area (TPSA) is 38.7 Å². The molecular weight excluding hydrogens is 204 g/mol. The molecule has 0 aliphatic carbocycles. The van der Waals surface area contributed by atoms with Gasteiger partial charge in [0.15, 0.2) is 6.29 Å². The third kappa shape index (κ3) is 4.31. The van der Waals surface area contributed by atoms with Crippen molar-refractivity contribution in [3.8, 4) is 0 Å². The van der Waals surface area contributed by atoms with Crippen LogP contribution in [0, 0.1) is 5.92 Å². The van der Waals surface area contributed by atoms with Gasteiger partial charge in [-0.3, -0.25) is 0 Å². The summed E-state index contributed by atoms with van der Waals surface area (Å²) in [7, 11) is 3.23. The molecule has 0 radical (unpaired) electrons. The summed E-state index contributed by atoms with van der Waals surface area (Å²) in [6, 6.07) is 10.1. The molecule has 0 aromatic heterocycles. The van der Waals surface area contributed by atoms with Gasteiger partial charge in [0.2, 0.25) is 0 Å². The van der Waals surface area contributed by atoms with Crippen molar-refractivity contribution in [3.63, 3.8) is 0 Å². The molecule has 3 heteroatoms. The third-order valence-corrected chi connectivity index (χ3v) is 2.68. The van der Waals surface area contributed by atoms with Crippen molar-refractivity contribution < 1.29 is 14.6 Å². The fraction of sp³-hybridized carbons (Fsp3) is 0.538. The summed E-state index contributed by atoms with van der Waals surface area (Å²) in [6.45, 7) is 0.151. The van der Waals surface area contributed by atoms with Crippen molar-refractivity contribution in [2.24, 2.45) is 5.92 Å². The van der Waals surface area contributed by atoms with E-state index in [4.69, 9.17) is 9.47 Å². The zero-order valence-electron chi connectivity index (χ0n) is 9.93. The monoisotopic (exact) mass is 224 g/mol. The highest BCUT2D eigenvalue weighted by atomic mass is 16.7. The molecule has 1 aromatic rings. The van der Waals surface area contributed by atoms with Gasteiger partial charge < -0.3 is 14.6 Å². The van der Waals surface area contributed by atoms with E-state index in [1.807, 2.05) is 18.2 Å². The minimum Gasteiger partial charge on any atom is -0.396 e. The predicted molar refractivity (Wildman–Crippen MR) is 63.1 cm³/mol. The molecule has 3 nitrogen and oxygen atoms in total. The van der Waals surface area contributed by atoms with Gasteiger partial charge >= 0.3 is 0 Å². The molecule has 0 heterocycles. The molecule has 90 valence electrons. The first-order chi connectivity index (χ1) is 7.80. The van der Waals surface area contributed by atoms with E-state index < -0.39 is 0 Å². The van der Waals surface area contributed by atoms with E-state index in [9.17, 15) is 5.11 Å². The van der Waals surface area contributed by atoms with Crippen molar-refractivity contribution in [1.82, 2.24) is 0 Å². The van der Waals surface area contributed by atoms with Crippen molar-refractivity contribution in [2.45, 2.75) is 19.1 Å². The van der Waals surface area contributed by atoms with Crippen LogP contribution >= 0.6 is 0 Å². The van der Waals surface area contributed by atoms with Crippen LogP contribution < -0.4 is 0 Å². The van der Waals surface area contributed by atoms with E-state index in [1.54, 1.807) is 14.2 Å². The Morgan fingerprint density at radius 3 is 2.25 bits per heavy atom. The average Bonchev–Trinajstić information content (AvgIpc) is 2.35. The van der Waals surface area contributed by atoms with Crippen LogP contribution in [0.5, 0.6) is 0 Å². The first-order valence-corrected chi connectivity index (χ1v) is 5.50. The number of benzene rings is 1. The second-order valence-corrected chi connectivity index (χ2v) is 3.87. The van der Waals surface area contributed by atoms with Gasteiger partial charge in [-0.1, -0.05) is 30.3 Å². The van der Waals surface area contributed by atoms with Crippen molar-refractivity contribution >= 4 is 0 Å². The summed E-state index contributed by atoms with van der Waals surface area (Å²) in [5, 5.41) is 9.32. The third-order valence-electron chi connectivity index (χ3n) is 2.68. The van der Waals surface area contributed by atoms with Gasteiger partial charge in [-0.05, 0) is 17.9 Å². The fourth-order valence-corrected chi connectivity index (χ4v) is 1.73. The fourth-order valence-electron chi connectivity index (χ4n) is 1.73. The summed E-state index contributed by atoms with van der Waals surface area (Å²) >= 11 is 0. The van der Waals surface area contributed by atoms with Gasteiger partial charge in [0.05, 0.1) is 0 Å². The molecule has 16 heavy (non-hydrogen) atoms. The molecule has 0 saturated carbocycles. The summed E-state index contributed by atoms with van der Waals surface area (Å²) < 4.78 is 10.3. The van der Waals surface area contributed by atoms with E-state index in [-0.39, 0.29) is 18.8 Å². The van der Waals surface area contributed by atoms with Crippen molar-refractivity contribution in [2.75, 3.05) is 20.8 Å². The second-order valence-electron chi connectivity index (χ2n) is 3.87. The van der Waals surface area contributed by atoms with E-state index in [2.05, 4.69) is 12.1 Å². The van der Waals surface area contributed by atoms with E-state index in [1.165, 1.54) is 5.56 Å². The standard InChI is InChI=1S/C13H20O3/c1-15-13(16-2)9-12(10-14)8-11-6-4-3-5-7-11/h3-7,12-14H,8-10H2,1-2H3. The normalized spacial score (nSPS) is 13.0. The Labute approximate surface area is 97.0 Å². The maximum absolute atomic E-state index is 9.32. The number of rotatable bonds is 7. The van der Waals surface area contributed by atoms with Gasteiger partial charge in [0.1, 0.15) is 0 Å². The molecule has 0 spiro atoms. The zero-order valence-corrected chi connectivity index (χ0v) is 9.93. The Hall–Kier alpha value is -0.900. The predicted octanol–water partition coefficient (Wildman–Crippen LogP) is 1.85. The first-order valence-electron chi connectivity index (χ1n) is 5.50. The van der Waals surface area contributed by atoms with Crippen LogP contribution in [0.3, 0.4) is 0 Å². The number of aliphatic hydroxyl groups excluding tert-OH is 1. The minimum absolute atomic E-state index is 0.151. The van der Waals surface area contributed by atoms with Crippen LogP contribution in [0.2, 0.25) is 0 Å². The van der Waals surface area contributed by atoms with E-state index in [0.29, 0.717) is 6.42 Å². The Morgan fingerprint density at radius 2 is 1.75 bits per heavy atom. The lowest BCUT2D eigenvalue weighted by atomic mass is 9.97. The number of ether oxygens (including phenoxy) is 2. The van der Waals surface area contributed by atoms with Crippen molar-refractivity contribution in [1.29, 1.82) is 0 Å². The molecule has 0 amide bonds. The van der Waals surface area contributed by atoms with Gasteiger partial charge in [-0.2, -0.15) is 0 Å². The largest absolute Gasteiger partial charge is 0.396 e. The van der Waals surface area contributed by atoms with Crippen LogP contribution in [0.4, 0.5) is 0 Å². The second kappa shape index (κ2) is 7.39. The number of aliphatic hydroxyl groups is 1. The Balaban J connectivity index is 2.49. The molecule has 1 unspecified atom stereocenters. The SMILES string of the molecule is COC(CC(CO)Cc1ccccc1)OC.